The lowest BCUT2D eigenvalue weighted by molar-refractivity contribution is -0.384. The van der Waals surface area contributed by atoms with Crippen LogP contribution in [-0.4, -0.2) is 42.3 Å². The molecule has 0 spiro atoms. The van der Waals surface area contributed by atoms with Gasteiger partial charge < -0.3 is 15.5 Å². The van der Waals surface area contributed by atoms with E-state index in [1.807, 2.05) is 24.1 Å². The van der Waals surface area contributed by atoms with Gasteiger partial charge in [-0.15, -0.1) is 0 Å². The minimum absolute atomic E-state index is 0.0647. The minimum Gasteiger partial charge on any atom is -0.355 e. The van der Waals surface area contributed by atoms with Gasteiger partial charge in [0.2, 0.25) is 5.91 Å². The number of carbonyl (C=O) groups excluding carboxylic acids is 2. The van der Waals surface area contributed by atoms with Crippen molar-refractivity contribution in [3.05, 3.63) is 69.8 Å². The molecule has 0 bridgehead atoms. The number of anilines is 1. The van der Waals surface area contributed by atoms with Crippen LogP contribution in [0.5, 0.6) is 0 Å². The lowest BCUT2D eigenvalue weighted by Crippen LogP contribution is -2.24. The van der Waals surface area contributed by atoms with Gasteiger partial charge in [0, 0.05) is 49.9 Å². The van der Waals surface area contributed by atoms with Gasteiger partial charge in [0.25, 0.3) is 11.6 Å². The number of hydrogen-bond donors (Lipinski definition) is 2. The first kappa shape index (κ1) is 20.1. The van der Waals surface area contributed by atoms with E-state index >= 15 is 0 Å². The van der Waals surface area contributed by atoms with Crippen molar-refractivity contribution < 1.29 is 14.5 Å². The Kier molecular flexibility index (Phi) is 7.01. The number of benzene rings is 2. The average molecular weight is 370 g/mol. The molecule has 2 aromatic rings. The van der Waals surface area contributed by atoms with E-state index < -0.39 is 4.92 Å². The van der Waals surface area contributed by atoms with Crippen LogP contribution in [-0.2, 0) is 11.3 Å². The lowest BCUT2D eigenvalue weighted by Gasteiger charge is -2.16. The second-order valence-corrected chi connectivity index (χ2v) is 6.12. The molecule has 2 amide bonds. The number of nitro groups is 1. The largest absolute Gasteiger partial charge is 0.355 e. The third kappa shape index (κ3) is 6.19. The highest BCUT2D eigenvalue weighted by molar-refractivity contribution is 5.94. The maximum absolute atomic E-state index is 12.1. The Morgan fingerprint density at radius 1 is 1.15 bits per heavy atom. The molecule has 0 aromatic heterocycles. The summed E-state index contributed by atoms with van der Waals surface area (Å²) in [5.41, 5.74) is 1.97. The first-order valence-corrected chi connectivity index (χ1v) is 8.43. The molecule has 0 heterocycles. The summed E-state index contributed by atoms with van der Waals surface area (Å²) in [5, 5.41) is 16.0. The van der Waals surface area contributed by atoms with Gasteiger partial charge in [0.15, 0.2) is 0 Å². The molecule has 2 aromatic carbocycles. The van der Waals surface area contributed by atoms with Crippen LogP contribution in [0, 0.1) is 10.1 Å². The Bertz CT molecular complexity index is 821. The smallest absolute Gasteiger partial charge is 0.271 e. The van der Waals surface area contributed by atoms with Crippen molar-refractivity contribution >= 4 is 23.2 Å². The number of rotatable bonds is 8. The zero-order valence-corrected chi connectivity index (χ0v) is 15.3. The molecule has 8 heteroatoms. The fraction of sp³-hybridized carbons (Fsp3) is 0.263. The summed E-state index contributed by atoms with van der Waals surface area (Å²) in [5.74, 6) is -0.343. The highest BCUT2D eigenvalue weighted by Gasteiger charge is 2.10. The van der Waals surface area contributed by atoms with Crippen molar-refractivity contribution in [1.82, 2.24) is 10.2 Å². The van der Waals surface area contributed by atoms with Crippen molar-refractivity contribution in [2.24, 2.45) is 0 Å². The van der Waals surface area contributed by atoms with Crippen LogP contribution >= 0.6 is 0 Å². The average Bonchev–Trinajstić information content (AvgIpc) is 2.66. The van der Waals surface area contributed by atoms with Crippen LogP contribution in [0.15, 0.2) is 48.5 Å². The van der Waals surface area contributed by atoms with Crippen molar-refractivity contribution in [3.8, 4) is 0 Å². The van der Waals surface area contributed by atoms with Crippen LogP contribution in [0.25, 0.3) is 0 Å². The summed E-state index contributed by atoms with van der Waals surface area (Å²) < 4.78 is 0. The standard InChI is InChI=1S/C19H22N4O4/c1-20-19(25)15-8-6-14(7-9-15)13-22(2)11-10-18(24)21-16-4-3-5-17(12-16)23(26)27/h3-9,12H,10-11,13H2,1-2H3,(H,20,25)(H,21,24). The van der Waals surface area contributed by atoms with Crippen LogP contribution in [0.1, 0.15) is 22.3 Å². The first-order valence-electron chi connectivity index (χ1n) is 8.43. The van der Waals surface area contributed by atoms with Gasteiger partial charge in [0.1, 0.15) is 0 Å². The van der Waals surface area contributed by atoms with E-state index in [4.69, 9.17) is 0 Å². The number of nitrogens with one attached hydrogen (secondary N) is 2. The van der Waals surface area contributed by atoms with Gasteiger partial charge >= 0.3 is 0 Å². The fourth-order valence-corrected chi connectivity index (χ4v) is 2.51. The van der Waals surface area contributed by atoms with E-state index in [0.29, 0.717) is 24.3 Å². The van der Waals surface area contributed by atoms with Crippen molar-refractivity contribution in [3.63, 3.8) is 0 Å². The minimum atomic E-state index is -0.501. The Morgan fingerprint density at radius 2 is 1.85 bits per heavy atom. The summed E-state index contributed by atoms with van der Waals surface area (Å²) in [7, 11) is 3.48. The zero-order valence-electron chi connectivity index (χ0n) is 15.3. The first-order chi connectivity index (χ1) is 12.9. The molecule has 0 saturated heterocycles. The Labute approximate surface area is 157 Å². The predicted molar refractivity (Wildman–Crippen MR) is 103 cm³/mol. The monoisotopic (exact) mass is 370 g/mol. The number of nitro benzene ring substituents is 1. The van der Waals surface area contributed by atoms with E-state index in [-0.39, 0.29) is 23.9 Å². The summed E-state index contributed by atoms with van der Waals surface area (Å²) in [6.45, 7) is 1.16. The lowest BCUT2D eigenvalue weighted by atomic mass is 10.1. The fourth-order valence-electron chi connectivity index (χ4n) is 2.51. The van der Waals surface area contributed by atoms with Crippen molar-refractivity contribution in [2.75, 3.05) is 26.0 Å². The maximum atomic E-state index is 12.1. The van der Waals surface area contributed by atoms with Crippen molar-refractivity contribution in [1.29, 1.82) is 0 Å². The van der Waals surface area contributed by atoms with Gasteiger partial charge in [-0.3, -0.25) is 19.7 Å². The molecule has 142 valence electrons. The molecular weight excluding hydrogens is 348 g/mol. The van der Waals surface area contributed by atoms with Gasteiger partial charge in [0.05, 0.1) is 4.92 Å². The Hall–Kier alpha value is -3.26. The highest BCUT2D eigenvalue weighted by atomic mass is 16.6. The number of non-ortho nitro benzene ring substituents is 1. The van der Waals surface area contributed by atoms with E-state index in [1.54, 1.807) is 25.2 Å². The van der Waals surface area contributed by atoms with E-state index in [2.05, 4.69) is 10.6 Å². The van der Waals surface area contributed by atoms with Crippen LogP contribution in [0.4, 0.5) is 11.4 Å². The second kappa shape index (κ2) is 9.44. The Morgan fingerprint density at radius 3 is 2.48 bits per heavy atom. The molecule has 2 N–H and O–H groups in total. The number of carbonyl (C=O) groups is 2. The SMILES string of the molecule is CNC(=O)c1ccc(CN(C)CCC(=O)Nc2cccc([N+](=O)[O-])c2)cc1. The molecule has 0 aliphatic carbocycles. The second-order valence-electron chi connectivity index (χ2n) is 6.12. The molecular formula is C19H22N4O4. The van der Waals surface area contributed by atoms with E-state index in [1.165, 1.54) is 18.2 Å². The van der Waals surface area contributed by atoms with E-state index in [0.717, 1.165) is 5.56 Å². The molecule has 0 unspecified atom stereocenters. The maximum Gasteiger partial charge on any atom is 0.271 e. The predicted octanol–water partition coefficient (Wildman–Crippen LogP) is 2.42. The molecule has 0 aliphatic rings. The van der Waals surface area contributed by atoms with Gasteiger partial charge in [-0.1, -0.05) is 18.2 Å². The van der Waals surface area contributed by atoms with Gasteiger partial charge in [-0.25, -0.2) is 0 Å². The highest BCUT2D eigenvalue weighted by Crippen LogP contribution is 2.17. The molecule has 2 rings (SSSR count). The van der Waals surface area contributed by atoms with Crippen LogP contribution in [0.3, 0.4) is 0 Å². The third-order valence-corrected chi connectivity index (χ3v) is 3.96. The topological polar surface area (TPSA) is 105 Å². The number of hydrogen-bond acceptors (Lipinski definition) is 5. The molecule has 0 aliphatic heterocycles. The quantitative estimate of drug-likeness (QED) is 0.548. The van der Waals surface area contributed by atoms with Gasteiger partial charge in [-0.05, 0) is 30.8 Å². The molecule has 8 nitrogen and oxygen atoms in total. The normalized spacial score (nSPS) is 10.5. The summed E-state index contributed by atoms with van der Waals surface area (Å²) >= 11 is 0. The number of amides is 2. The molecule has 0 saturated carbocycles. The molecule has 0 radical (unpaired) electrons. The van der Waals surface area contributed by atoms with Crippen LogP contribution in [0.2, 0.25) is 0 Å². The number of nitrogens with zero attached hydrogens (tertiary/aromatic N) is 2. The Balaban J connectivity index is 1.81. The molecule has 27 heavy (non-hydrogen) atoms. The summed E-state index contributed by atoms with van der Waals surface area (Å²) in [6.07, 6.45) is 0.259. The third-order valence-electron chi connectivity index (χ3n) is 3.96. The molecule has 0 fully saturated rings. The summed E-state index contributed by atoms with van der Waals surface area (Å²) in [6, 6.07) is 13.1. The van der Waals surface area contributed by atoms with Gasteiger partial charge in [-0.2, -0.15) is 0 Å². The van der Waals surface area contributed by atoms with Crippen LogP contribution < -0.4 is 10.6 Å². The zero-order chi connectivity index (χ0) is 19.8. The van der Waals surface area contributed by atoms with Crippen molar-refractivity contribution in [2.45, 2.75) is 13.0 Å². The van der Waals surface area contributed by atoms with E-state index in [9.17, 15) is 19.7 Å². The summed E-state index contributed by atoms with van der Waals surface area (Å²) in [4.78, 5) is 35.8. The molecule has 0 atom stereocenters.